The maximum atomic E-state index is 5.37. The van der Waals surface area contributed by atoms with E-state index in [-0.39, 0.29) is 0 Å². The quantitative estimate of drug-likeness (QED) is 0.683. The molecule has 0 fully saturated rings. The smallest absolute Gasteiger partial charge is 0.191 e. The van der Waals surface area contributed by atoms with Crippen LogP contribution in [0.2, 0.25) is 0 Å². The fourth-order valence-electron chi connectivity index (χ4n) is 1.55. The summed E-state index contributed by atoms with van der Waals surface area (Å²) in [6, 6.07) is 8.17. The molecule has 1 heterocycles. The van der Waals surface area contributed by atoms with Gasteiger partial charge in [-0.1, -0.05) is 35.7 Å². The first-order valence-corrected chi connectivity index (χ1v) is 6.96. The number of aryl methyl sites for hydroxylation is 1. The molecule has 19 heavy (non-hydrogen) atoms. The molecule has 0 aliphatic heterocycles. The van der Waals surface area contributed by atoms with E-state index < -0.39 is 0 Å². The molecule has 0 aliphatic carbocycles. The van der Waals surface area contributed by atoms with Gasteiger partial charge >= 0.3 is 0 Å². The Balaban J connectivity index is 2.05. The minimum atomic E-state index is 0.386. The second-order valence-electron chi connectivity index (χ2n) is 4.08. The average Bonchev–Trinajstić information content (AvgIpc) is 2.75. The van der Waals surface area contributed by atoms with Gasteiger partial charge in [0.2, 0.25) is 0 Å². The van der Waals surface area contributed by atoms with Crippen molar-refractivity contribution < 1.29 is 0 Å². The summed E-state index contributed by atoms with van der Waals surface area (Å²) < 4.78 is 1.99. The van der Waals surface area contributed by atoms with Gasteiger partial charge in [0.05, 0.1) is 6.54 Å². The monoisotopic (exact) mass is 272 g/mol. The van der Waals surface area contributed by atoms with Crippen LogP contribution in [0.4, 0.5) is 0 Å². The van der Waals surface area contributed by atoms with E-state index >= 15 is 0 Å². The van der Waals surface area contributed by atoms with Crippen LogP contribution in [0.25, 0.3) is 0 Å². The maximum Gasteiger partial charge on any atom is 0.191 e. The van der Waals surface area contributed by atoms with E-state index in [0.29, 0.717) is 6.54 Å². The number of hydrogen-bond acceptors (Lipinski definition) is 4. The molecule has 0 spiro atoms. The van der Waals surface area contributed by atoms with Crippen molar-refractivity contribution in [1.29, 1.82) is 0 Å². The second kappa shape index (κ2) is 6.41. The van der Waals surface area contributed by atoms with E-state index in [0.717, 1.165) is 22.3 Å². The summed E-state index contributed by atoms with van der Waals surface area (Å²) in [4.78, 5) is 0. The van der Waals surface area contributed by atoms with Crippen molar-refractivity contribution >= 4 is 11.8 Å². The van der Waals surface area contributed by atoms with Crippen LogP contribution in [0.3, 0.4) is 0 Å². The number of hydrogen-bond donors (Lipinski definition) is 1. The van der Waals surface area contributed by atoms with Crippen molar-refractivity contribution in [1.82, 2.24) is 14.8 Å². The number of nitrogens with zero attached hydrogens (tertiary/aromatic N) is 3. The number of nitrogens with two attached hydrogens (primary N) is 1. The summed E-state index contributed by atoms with van der Waals surface area (Å²) in [5, 5.41) is 9.10. The number of rotatable bonds is 3. The van der Waals surface area contributed by atoms with Gasteiger partial charge in [-0.2, -0.15) is 0 Å². The van der Waals surface area contributed by atoms with Crippen LogP contribution in [0.5, 0.6) is 0 Å². The molecule has 4 nitrogen and oxygen atoms in total. The van der Waals surface area contributed by atoms with Gasteiger partial charge in [-0.25, -0.2) is 0 Å². The van der Waals surface area contributed by atoms with E-state index in [1.807, 2.05) is 30.7 Å². The zero-order valence-electron chi connectivity index (χ0n) is 11.1. The van der Waals surface area contributed by atoms with Crippen LogP contribution in [0.15, 0.2) is 29.4 Å². The Kier molecular flexibility index (Phi) is 4.61. The highest BCUT2D eigenvalue weighted by molar-refractivity contribution is 7.98. The first-order valence-electron chi connectivity index (χ1n) is 5.97. The van der Waals surface area contributed by atoms with Crippen molar-refractivity contribution in [2.45, 2.75) is 17.8 Å². The lowest BCUT2D eigenvalue weighted by atomic mass is 10.1. The predicted octanol–water partition coefficient (Wildman–Crippen LogP) is 1.73. The Hall–Kier alpha value is -1.77. The first kappa shape index (κ1) is 13.7. The molecular formula is C14H16N4S. The van der Waals surface area contributed by atoms with Gasteiger partial charge in [-0.3, -0.25) is 0 Å². The lowest BCUT2D eigenvalue weighted by Gasteiger charge is -2.02. The summed E-state index contributed by atoms with van der Waals surface area (Å²) in [5.74, 6) is 7.68. The van der Waals surface area contributed by atoms with Gasteiger partial charge in [0.1, 0.15) is 5.82 Å². The maximum absolute atomic E-state index is 5.37. The molecule has 1 aromatic heterocycles. The van der Waals surface area contributed by atoms with E-state index in [1.54, 1.807) is 11.8 Å². The van der Waals surface area contributed by atoms with E-state index in [4.69, 9.17) is 5.73 Å². The standard InChI is InChI=1S/C14H16N4S/c1-11-16-17-14(18(11)2)19-10-13-6-3-5-12(9-13)7-4-8-15/h3,5-6,9H,8,10,15H2,1-2H3. The third-order valence-electron chi connectivity index (χ3n) is 2.68. The zero-order chi connectivity index (χ0) is 13.7. The van der Waals surface area contributed by atoms with Gasteiger partial charge in [-0.05, 0) is 24.6 Å². The normalized spacial score (nSPS) is 10.1. The van der Waals surface area contributed by atoms with E-state index in [9.17, 15) is 0 Å². The van der Waals surface area contributed by atoms with Crippen LogP contribution in [0, 0.1) is 18.8 Å². The van der Waals surface area contributed by atoms with Crippen LogP contribution < -0.4 is 5.73 Å². The summed E-state index contributed by atoms with van der Waals surface area (Å²) in [6.45, 7) is 2.33. The van der Waals surface area contributed by atoms with E-state index in [2.05, 4.69) is 34.2 Å². The lowest BCUT2D eigenvalue weighted by Crippen LogP contribution is -1.94. The van der Waals surface area contributed by atoms with Crippen LogP contribution >= 0.6 is 11.8 Å². The highest BCUT2D eigenvalue weighted by Gasteiger charge is 2.05. The summed E-state index contributed by atoms with van der Waals surface area (Å²) in [6.07, 6.45) is 0. The molecule has 0 radical (unpaired) electrons. The van der Waals surface area contributed by atoms with E-state index in [1.165, 1.54) is 5.56 Å². The van der Waals surface area contributed by atoms with Crippen LogP contribution in [-0.2, 0) is 12.8 Å². The number of aromatic nitrogens is 3. The zero-order valence-corrected chi connectivity index (χ0v) is 11.9. The van der Waals surface area contributed by atoms with Crippen molar-refractivity contribution in [3.63, 3.8) is 0 Å². The summed E-state index contributed by atoms with van der Waals surface area (Å²) >= 11 is 1.67. The molecule has 2 rings (SSSR count). The van der Waals surface area contributed by atoms with Gasteiger partial charge in [0.25, 0.3) is 0 Å². The predicted molar refractivity (Wildman–Crippen MR) is 77.7 cm³/mol. The average molecular weight is 272 g/mol. The molecule has 2 N–H and O–H groups in total. The number of benzene rings is 1. The Morgan fingerprint density at radius 1 is 1.37 bits per heavy atom. The summed E-state index contributed by atoms with van der Waals surface area (Å²) in [5.41, 5.74) is 7.59. The molecule has 0 atom stereocenters. The Bertz CT molecular complexity index is 622. The Morgan fingerprint density at radius 3 is 2.89 bits per heavy atom. The third kappa shape index (κ3) is 3.60. The second-order valence-corrected chi connectivity index (χ2v) is 5.03. The molecule has 2 aromatic rings. The molecule has 0 unspecified atom stereocenters. The molecule has 0 aliphatic rings. The Morgan fingerprint density at radius 2 is 2.21 bits per heavy atom. The van der Waals surface area contributed by atoms with Crippen molar-refractivity contribution in [2.24, 2.45) is 12.8 Å². The van der Waals surface area contributed by atoms with Gasteiger partial charge in [0.15, 0.2) is 5.16 Å². The Labute approximate surface area is 117 Å². The lowest BCUT2D eigenvalue weighted by molar-refractivity contribution is 0.765. The minimum absolute atomic E-state index is 0.386. The SMILES string of the molecule is Cc1nnc(SCc2cccc(C#CCN)c2)n1C. The van der Waals surface area contributed by atoms with Gasteiger partial charge < -0.3 is 10.3 Å². The molecule has 98 valence electrons. The summed E-state index contributed by atoms with van der Waals surface area (Å²) in [7, 11) is 1.97. The van der Waals surface area contributed by atoms with Crippen molar-refractivity contribution in [3.8, 4) is 11.8 Å². The highest BCUT2D eigenvalue weighted by Crippen LogP contribution is 2.21. The fourth-order valence-corrected chi connectivity index (χ4v) is 2.45. The fraction of sp³-hybridized carbons (Fsp3) is 0.286. The highest BCUT2D eigenvalue weighted by atomic mass is 32.2. The molecule has 0 amide bonds. The molecule has 0 saturated carbocycles. The minimum Gasteiger partial charge on any atom is -0.320 e. The van der Waals surface area contributed by atoms with Crippen LogP contribution in [-0.4, -0.2) is 21.3 Å². The first-order chi connectivity index (χ1) is 9.20. The topological polar surface area (TPSA) is 56.7 Å². The number of thioether (sulfide) groups is 1. The molecule has 1 aromatic carbocycles. The third-order valence-corrected chi connectivity index (χ3v) is 3.77. The van der Waals surface area contributed by atoms with Crippen LogP contribution in [0.1, 0.15) is 17.0 Å². The molecule has 0 bridgehead atoms. The molecular weight excluding hydrogens is 256 g/mol. The van der Waals surface area contributed by atoms with Gasteiger partial charge in [-0.15, -0.1) is 10.2 Å². The van der Waals surface area contributed by atoms with Crippen molar-refractivity contribution in [3.05, 3.63) is 41.2 Å². The van der Waals surface area contributed by atoms with Crippen molar-refractivity contribution in [2.75, 3.05) is 6.54 Å². The largest absolute Gasteiger partial charge is 0.320 e. The molecule has 0 saturated heterocycles. The molecule has 5 heteroatoms. The van der Waals surface area contributed by atoms with Gasteiger partial charge in [0, 0.05) is 18.4 Å².